The van der Waals surface area contributed by atoms with E-state index in [0.717, 1.165) is 0 Å². The Kier molecular flexibility index (Phi) is 4.63. The van der Waals surface area contributed by atoms with Gasteiger partial charge in [0.25, 0.3) is 0 Å². The van der Waals surface area contributed by atoms with Gasteiger partial charge in [-0.3, -0.25) is 0 Å². The number of aliphatic hydroxyl groups is 1. The quantitative estimate of drug-likeness (QED) is 0.823. The molecule has 0 fully saturated rings. The van der Waals surface area contributed by atoms with Gasteiger partial charge in [-0.2, -0.15) is 31.3 Å². The van der Waals surface area contributed by atoms with E-state index in [-0.39, 0.29) is 0 Å². The van der Waals surface area contributed by atoms with Crippen LogP contribution >= 0.6 is 0 Å². The maximum Gasteiger partial charge on any atom is 0.433 e. The molecule has 20 heavy (non-hydrogen) atoms. The van der Waals surface area contributed by atoms with Gasteiger partial charge in [-0.1, -0.05) is 0 Å². The summed E-state index contributed by atoms with van der Waals surface area (Å²) in [5.41, 5.74) is 3.61. The minimum absolute atomic E-state index is 0.345. The van der Waals surface area contributed by atoms with Crippen molar-refractivity contribution in [3.8, 4) is 0 Å². The van der Waals surface area contributed by atoms with Gasteiger partial charge in [0.1, 0.15) is 12.4 Å². The summed E-state index contributed by atoms with van der Waals surface area (Å²) < 4.78 is 74.5. The third kappa shape index (κ3) is 4.72. The molecular weight excluding hydrogens is 294 g/mol. The predicted molar refractivity (Wildman–Crippen MR) is 56.8 cm³/mol. The van der Waals surface area contributed by atoms with Crippen molar-refractivity contribution in [3.05, 3.63) is 11.8 Å². The highest BCUT2D eigenvalue weighted by Gasteiger charge is 2.36. The summed E-state index contributed by atoms with van der Waals surface area (Å²) in [6.45, 7) is -2.81. The lowest BCUT2D eigenvalue weighted by molar-refractivity contribution is -0.141. The molecule has 0 aliphatic carbocycles. The number of nitrogen functional groups attached to an aromatic ring is 1. The zero-order chi connectivity index (χ0) is 15.6. The van der Waals surface area contributed by atoms with Crippen LogP contribution < -0.4 is 10.6 Å². The third-order valence-electron chi connectivity index (χ3n) is 2.08. The van der Waals surface area contributed by atoms with Gasteiger partial charge in [0.15, 0.2) is 5.69 Å². The Morgan fingerprint density at radius 3 is 2.20 bits per heavy atom. The Hall–Kier alpha value is -1.78. The molecule has 0 amide bonds. The average Bonchev–Trinajstić information content (AvgIpc) is 2.24. The van der Waals surface area contributed by atoms with Crippen LogP contribution in [-0.2, 0) is 6.18 Å². The minimum Gasteiger partial charge on any atom is -0.395 e. The normalized spacial score (nSPS) is 12.6. The van der Waals surface area contributed by atoms with Crippen LogP contribution in [-0.4, -0.2) is 40.9 Å². The summed E-state index contributed by atoms with van der Waals surface area (Å²) in [6.07, 6.45) is -9.54. The Labute approximate surface area is 109 Å². The van der Waals surface area contributed by atoms with E-state index in [0.29, 0.717) is 11.0 Å². The molecule has 0 saturated carbocycles. The molecule has 0 aliphatic heterocycles. The largest absolute Gasteiger partial charge is 0.433 e. The number of aromatic nitrogens is 2. The first-order chi connectivity index (χ1) is 9.03. The Balaban J connectivity index is 3.16. The van der Waals surface area contributed by atoms with Crippen molar-refractivity contribution in [1.82, 2.24) is 9.97 Å². The fourth-order valence-electron chi connectivity index (χ4n) is 1.37. The molecule has 0 radical (unpaired) electrons. The summed E-state index contributed by atoms with van der Waals surface area (Å²) in [4.78, 5) is 6.69. The summed E-state index contributed by atoms with van der Waals surface area (Å²) in [5.74, 6) is -1.46. The lowest BCUT2D eigenvalue weighted by Crippen LogP contribution is -2.37. The maximum absolute atomic E-state index is 12.5. The first-order valence-corrected chi connectivity index (χ1v) is 5.17. The predicted octanol–water partition coefficient (Wildman–Crippen LogP) is 1.44. The highest BCUT2D eigenvalue weighted by molar-refractivity contribution is 5.44. The first-order valence-electron chi connectivity index (χ1n) is 5.17. The molecule has 0 unspecified atom stereocenters. The molecule has 0 aliphatic rings. The molecule has 0 aromatic carbocycles. The number of aliphatic hydroxyl groups excluding tert-OH is 1. The van der Waals surface area contributed by atoms with Crippen LogP contribution in [0.25, 0.3) is 0 Å². The van der Waals surface area contributed by atoms with E-state index in [2.05, 4.69) is 9.97 Å². The molecular formula is C9H10F6N4O. The van der Waals surface area contributed by atoms with Crippen molar-refractivity contribution < 1.29 is 31.4 Å². The topological polar surface area (TPSA) is 75.3 Å². The zero-order valence-electron chi connectivity index (χ0n) is 9.83. The van der Waals surface area contributed by atoms with E-state index < -0.39 is 49.5 Å². The van der Waals surface area contributed by atoms with E-state index in [1.165, 1.54) is 0 Å². The number of rotatable bonds is 4. The van der Waals surface area contributed by atoms with Crippen molar-refractivity contribution in [2.24, 2.45) is 0 Å². The van der Waals surface area contributed by atoms with Crippen molar-refractivity contribution in [2.75, 3.05) is 30.3 Å². The van der Waals surface area contributed by atoms with E-state index in [9.17, 15) is 26.3 Å². The zero-order valence-corrected chi connectivity index (χ0v) is 9.83. The molecule has 1 aromatic rings. The number of hydrogen-bond donors (Lipinski definition) is 2. The van der Waals surface area contributed by atoms with E-state index in [1.54, 1.807) is 0 Å². The highest BCUT2D eigenvalue weighted by atomic mass is 19.4. The van der Waals surface area contributed by atoms with Gasteiger partial charge in [-0.25, -0.2) is 4.98 Å². The molecule has 0 saturated heterocycles. The lowest BCUT2D eigenvalue weighted by atomic mass is 10.3. The molecule has 0 bridgehead atoms. The van der Waals surface area contributed by atoms with Gasteiger partial charge in [0.05, 0.1) is 6.61 Å². The second kappa shape index (κ2) is 5.69. The van der Waals surface area contributed by atoms with Crippen LogP contribution in [0.5, 0.6) is 0 Å². The number of nitrogens with zero attached hydrogens (tertiary/aromatic N) is 3. The van der Waals surface area contributed by atoms with Crippen molar-refractivity contribution in [2.45, 2.75) is 12.4 Å². The van der Waals surface area contributed by atoms with Crippen LogP contribution in [0.1, 0.15) is 5.69 Å². The smallest absolute Gasteiger partial charge is 0.395 e. The van der Waals surface area contributed by atoms with Crippen LogP contribution in [0.2, 0.25) is 0 Å². The van der Waals surface area contributed by atoms with Gasteiger partial charge in [0, 0.05) is 12.6 Å². The van der Waals surface area contributed by atoms with Crippen LogP contribution in [0.4, 0.5) is 38.1 Å². The van der Waals surface area contributed by atoms with Crippen LogP contribution in [0, 0.1) is 0 Å². The van der Waals surface area contributed by atoms with Crippen molar-refractivity contribution >= 4 is 11.8 Å². The summed E-state index contributed by atoms with van der Waals surface area (Å²) in [5, 5.41) is 8.69. The third-order valence-corrected chi connectivity index (χ3v) is 2.08. The maximum atomic E-state index is 12.5. The second-order valence-corrected chi connectivity index (χ2v) is 3.73. The summed E-state index contributed by atoms with van der Waals surface area (Å²) >= 11 is 0. The van der Waals surface area contributed by atoms with E-state index in [1.807, 2.05) is 0 Å². The van der Waals surface area contributed by atoms with Gasteiger partial charge in [-0.15, -0.1) is 0 Å². The molecule has 1 heterocycles. The Bertz CT molecular complexity index is 461. The van der Waals surface area contributed by atoms with Gasteiger partial charge in [-0.05, 0) is 0 Å². The number of nitrogens with two attached hydrogens (primary N) is 1. The number of alkyl halides is 6. The number of hydrogen-bond acceptors (Lipinski definition) is 5. The molecule has 0 atom stereocenters. The average molecular weight is 304 g/mol. The fraction of sp³-hybridized carbons (Fsp3) is 0.556. The molecule has 5 nitrogen and oxygen atoms in total. The molecule has 114 valence electrons. The van der Waals surface area contributed by atoms with E-state index in [4.69, 9.17) is 10.8 Å². The lowest BCUT2D eigenvalue weighted by Gasteiger charge is -2.24. The van der Waals surface area contributed by atoms with Gasteiger partial charge in [0.2, 0.25) is 5.95 Å². The van der Waals surface area contributed by atoms with Crippen LogP contribution in [0.3, 0.4) is 0 Å². The molecule has 11 heteroatoms. The molecule has 3 N–H and O–H groups in total. The summed E-state index contributed by atoms with van der Waals surface area (Å²) in [6, 6.07) is 0.345. The Morgan fingerprint density at radius 2 is 1.75 bits per heavy atom. The van der Waals surface area contributed by atoms with Crippen molar-refractivity contribution in [1.29, 1.82) is 0 Å². The summed E-state index contributed by atoms with van der Waals surface area (Å²) in [7, 11) is 0. The monoisotopic (exact) mass is 304 g/mol. The highest BCUT2D eigenvalue weighted by Crippen LogP contribution is 2.30. The molecule has 1 rings (SSSR count). The van der Waals surface area contributed by atoms with Gasteiger partial charge >= 0.3 is 12.4 Å². The second-order valence-electron chi connectivity index (χ2n) is 3.73. The number of halogens is 6. The van der Waals surface area contributed by atoms with Crippen molar-refractivity contribution in [3.63, 3.8) is 0 Å². The first kappa shape index (κ1) is 16.3. The number of anilines is 2. The molecule has 0 spiro atoms. The van der Waals surface area contributed by atoms with Gasteiger partial charge < -0.3 is 15.7 Å². The Morgan fingerprint density at radius 1 is 1.15 bits per heavy atom. The fourth-order valence-corrected chi connectivity index (χ4v) is 1.37. The molecule has 1 aromatic heterocycles. The SMILES string of the molecule is Nc1nc(N(CCO)CC(F)(F)F)cc(C(F)(F)F)n1. The van der Waals surface area contributed by atoms with E-state index >= 15 is 0 Å². The van der Waals surface area contributed by atoms with Crippen LogP contribution in [0.15, 0.2) is 6.07 Å². The standard InChI is InChI=1S/C9H10F6N4O/c10-8(11,12)4-19(1-2-20)6-3-5(9(13,14)15)17-7(16)18-6/h3,20H,1-2,4H2,(H2,16,17,18). The minimum atomic E-state index is -4.87.